The molecule has 0 heterocycles. The van der Waals surface area contributed by atoms with Crippen molar-refractivity contribution in [2.24, 2.45) is 0 Å². The van der Waals surface area contributed by atoms with Crippen LogP contribution in [0.3, 0.4) is 0 Å². The molecule has 0 atom stereocenters. The van der Waals surface area contributed by atoms with Gasteiger partial charge in [0.15, 0.2) is 5.78 Å². The molecule has 0 aliphatic carbocycles. The van der Waals surface area contributed by atoms with Crippen molar-refractivity contribution < 1.29 is 9.53 Å². The molecule has 0 radical (unpaired) electrons. The minimum atomic E-state index is 0.130. The lowest BCUT2D eigenvalue weighted by atomic mass is 10.0. The SMILES string of the molecule is CCCCOCCCCc1ccc(C(C)=O)cc1. The van der Waals surface area contributed by atoms with E-state index in [0.29, 0.717) is 0 Å². The van der Waals surface area contributed by atoms with Gasteiger partial charge in [0.2, 0.25) is 0 Å². The summed E-state index contributed by atoms with van der Waals surface area (Å²) in [5, 5.41) is 0. The minimum absolute atomic E-state index is 0.130. The molecule has 0 saturated carbocycles. The van der Waals surface area contributed by atoms with Gasteiger partial charge in [0, 0.05) is 18.8 Å². The lowest BCUT2D eigenvalue weighted by molar-refractivity contribution is 0.101. The number of rotatable bonds is 9. The van der Waals surface area contributed by atoms with Crippen molar-refractivity contribution in [1.29, 1.82) is 0 Å². The topological polar surface area (TPSA) is 26.3 Å². The highest BCUT2D eigenvalue weighted by atomic mass is 16.5. The van der Waals surface area contributed by atoms with Gasteiger partial charge in [-0.15, -0.1) is 0 Å². The molecule has 0 amide bonds. The lowest BCUT2D eigenvalue weighted by Gasteiger charge is -2.04. The molecular weight excluding hydrogens is 224 g/mol. The molecule has 0 fully saturated rings. The Morgan fingerprint density at radius 1 is 1.06 bits per heavy atom. The maximum atomic E-state index is 11.1. The van der Waals surface area contributed by atoms with Crippen molar-refractivity contribution in [3.8, 4) is 0 Å². The van der Waals surface area contributed by atoms with Crippen LogP contribution in [-0.2, 0) is 11.2 Å². The molecule has 1 aromatic rings. The predicted octanol–water partition coefficient (Wildman–Crippen LogP) is 4.03. The van der Waals surface area contributed by atoms with Gasteiger partial charge in [-0.05, 0) is 38.2 Å². The van der Waals surface area contributed by atoms with Crippen LogP contribution in [0, 0.1) is 0 Å². The molecule has 1 rings (SSSR count). The Labute approximate surface area is 110 Å². The highest BCUT2D eigenvalue weighted by Gasteiger charge is 1.99. The molecule has 18 heavy (non-hydrogen) atoms. The average Bonchev–Trinajstić information content (AvgIpc) is 2.38. The first kappa shape index (κ1) is 14.9. The van der Waals surface area contributed by atoms with Gasteiger partial charge in [-0.25, -0.2) is 0 Å². The van der Waals surface area contributed by atoms with Crippen LogP contribution in [0.2, 0.25) is 0 Å². The quantitative estimate of drug-likeness (QED) is 0.487. The number of carbonyl (C=O) groups is 1. The number of ketones is 1. The van der Waals surface area contributed by atoms with Gasteiger partial charge in [0.05, 0.1) is 0 Å². The second kappa shape index (κ2) is 8.87. The number of hydrogen-bond donors (Lipinski definition) is 0. The number of ether oxygens (including phenoxy) is 1. The maximum absolute atomic E-state index is 11.1. The van der Waals surface area contributed by atoms with E-state index in [-0.39, 0.29) is 5.78 Å². The summed E-state index contributed by atoms with van der Waals surface area (Å²) in [6.07, 6.45) is 5.67. The van der Waals surface area contributed by atoms with Crippen LogP contribution >= 0.6 is 0 Å². The predicted molar refractivity (Wildman–Crippen MR) is 75.1 cm³/mol. The third-order valence-corrected chi connectivity index (χ3v) is 3.01. The monoisotopic (exact) mass is 248 g/mol. The largest absolute Gasteiger partial charge is 0.381 e. The molecule has 2 nitrogen and oxygen atoms in total. The zero-order valence-corrected chi connectivity index (χ0v) is 11.6. The average molecular weight is 248 g/mol. The van der Waals surface area contributed by atoms with E-state index in [1.165, 1.54) is 12.0 Å². The van der Waals surface area contributed by atoms with Crippen LogP contribution in [0.15, 0.2) is 24.3 Å². The second-order valence-electron chi connectivity index (χ2n) is 4.68. The number of carbonyl (C=O) groups excluding carboxylic acids is 1. The molecule has 1 aromatic carbocycles. The van der Waals surface area contributed by atoms with Gasteiger partial charge < -0.3 is 4.74 Å². The number of Topliss-reactive ketones (excluding diaryl/α,β-unsaturated/α-hetero) is 1. The van der Waals surface area contributed by atoms with E-state index in [1.807, 2.05) is 12.1 Å². The molecule has 0 aliphatic heterocycles. The zero-order valence-electron chi connectivity index (χ0n) is 11.6. The Balaban J connectivity index is 2.14. The summed E-state index contributed by atoms with van der Waals surface area (Å²) < 4.78 is 5.52. The van der Waals surface area contributed by atoms with E-state index < -0.39 is 0 Å². The van der Waals surface area contributed by atoms with Crippen molar-refractivity contribution in [1.82, 2.24) is 0 Å². The van der Waals surface area contributed by atoms with Crippen molar-refractivity contribution >= 4 is 5.78 Å². The maximum Gasteiger partial charge on any atom is 0.159 e. The number of benzene rings is 1. The minimum Gasteiger partial charge on any atom is -0.381 e. The Morgan fingerprint density at radius 2 is 1.72 bits per heavy atom. The summed E-state index contributed by atoms with van der Waals surface area (Å²) in [5.74, 6) is 0.130. The van der Waals surface area contributed by atoms with Crippen molar-refractivity contribution in [2.45, 2.75) is 46.0 Å². The Hall–Kier alpha value is -1.15. The van der Waals surface area contributed by atoms with Gasteiger partial charge >= 0.3 is 0 Å². The van der Waals surface area contributed by atoms with Gasteiger partial charge in [0.25, 0.3) is 0 Å². The molecule has 100 valence electrons. The third-order valence-electron chi connectivity index (χ3n) is 3.01. The first-order valence-corrected chi connectivity index (χ1v) is 6.91. The van der Waals surface area contributed by atoms with Crippen LogP contribution < -0.4 is 0 Å². The lowest BCUT2D eigenvalue weighted by Crippen LogP contribution is -1.98. The summed E-state index contributed by atoms with van der Waals surface area (Å²) in [7, 11) is 0. The molecule has 0 aromatic heterocycles. The van der Waals surface area contributed by atoms with Crippen LogP contribution in [0.4, 0.5) is 0 Å². The standard InChI is InChI=1S/C16H24O2/c1-3-4-12-18-13-6-5-7-15-8-10-16(11-9-15)14(2)17/h8-11H,3-7,12-13H2,1-2H3. The number of aryl methyl sites for hydroxylation is 1. The van der Waals surface area contributed by atoms with Gasteiger partial charge in [-0.2, -0.15) is 0 Å². The van der Waals surface area contributed by atoms with Crippen LogP contribution in [0.25, 0.3) is 0 Å². The van der Waals surface area contributed by atoms with E-state index in [0.717, 1.165) is 44.5 Å². The molecule has 2 heteroatoms. The molecule has 0 unspecified atom stereocenters. The summed E-state index contributed by atoms with van der Waals surface area (Å²) in [6.45, 7) is 5.53. The molecule has 0 N–H and O–H groups in total. The zero-order chi connectivity index (χ0) is 13.2. The summed E-state index contributed by atoms with van der Waals surface area (Å²) in [4.78, 5) is 11.1. The van der Waals surface area contributed by atoms with Crippen molar-refractivity contribution in [3.63, 3.8) is 0 Å². The highest BCUT2D eigenvalue weighted by Crippen LogP contribution is 2.08. The van der Waals surface area contributed by atoms with E-state index in [4.69, 9.17) is 4.74 Å². The Morgan fingerprint density at radius 3 is 2.33 bits per heavy atom. The fourth-order valence-electron chi connectivity index (χ4n) is 1.79. The molecule has 0 aliphatic rings. The molecule has 0 saturated heterocycles. The summed E-state index contributed by atoms with van der Waals surface area (Å²) in [6, 6.07) is 7.92. The second-order valence-corrected chi connectivity index (χ2v) is 4.68. The Kier molecular flexibility index (Phi) is 7.35. The molecular formula is C16H24O2. The summed E-state index contributed by atoms with van der Waals surface area (Å²) in [5.41, 5.74) is 2.09. The van der Waals surface area contributed by atoms with Crippen LogP contribution in [0.1, 0.15) is 55.5 Å². The first-order valence-electron chi connectivity index (χ1n) is 6.91. The van der Waals surface area contributed by atoms with E-state index in [2.05, 4.69) is 19.1 Å². The fraction of sp³-hybridized carbons (Fsp3) is 0.562. The van der Waals surface area contributed by atoms with Gasteiger partial charge in [0.1, 0.15) is 0 Å². The number of hydrogen-bond acceptors (Lipinski definition) is 2. The van der Waals surface area contributed by atoms with E-state index >= 15 is 0 Å². The third kappa shape index (κ3) is 5.97. The fourth-order valence-corrected chi connectivity index (χ4v) is 1.79. The normalized spacial score (nSPS) is 10.6. The Bertz CT molecular complexity index is 341. The smallest absolute Gasteiger partial charge is 0.159 e. The first-order chi connectivity index (χ1) is 8.74. The van der Waals surface area contributed by atoms with E-state index in [9.17, 15) is 4.79 Å². The van der Waals surface area contributed by atoms with Crippen LogP contribution in [0.5, 0.6) is 0 Å². The van der Waals surface area contributed by atoms with E-state index in [1.54, 1.807) is 6.92 Å². The highest BCUT2D eigenvalue weighted by molar-refractivity contribution is 5.93. The van der Waals surface area contributed by atoms with Crippen molar-refractivity contribution in [2.75, 3.05) is 13.2 Å². The van der Waals surface area contributed by atoms with Gasteiger partial charge in [-0.3, -0.25) is 4.79 Å². The van der Waals surface area contributed by atoms with Crippen LogP contribution in [-0.4, -0.2) is 19.0 Å². The van der Waals surface area contributed by atoms with Gasteiger partial charge in [-0.1, -0.05) is 37.6 Å². The number of unbranched alkanes of at least 4 members (excludes halogenated alkanes) is 2. The van der Waals surface area contributed by atoms with Crippen molar-refractivity contribution in [3.05, 3.63) is 35.4 Å². The molecule has 0 bridgehead atoms. The summed E-state index contributed by atoms with van der Waals surface area (Å²) >= 11 is 0. The molecule has 0 spiro atoms.